The van der Waals surface area contributed by atoms with Crippen LogP contribution in [-0.2, 0) is 0 Å². The number of imidazole rings is 1. The van der Waals surface area contributed by atoms with Gasteiger partial charge in [-0.1, -0.05) is 24.8 Å². The van der Waals surface area contributed by atoms with Gasteiger partial charge in [-0.05, 0) is 25.5 Å². The average molecular weight is 347 g/mol. The number of aryl methyl sites for hydroxylation is 2. The van der Waals surface area contributed by atoms with Gasteiger partial charge in [-0.25, -0.2) is 9.98 Å². The van der Waals surface area contributed by atoms with E-state index in [4.69, 9.17) is 9.47 Å². The number of rotatable bonds is 5. The Kier molecular flexibility index (Phi) is 5.17. The zero-order valence-electron chi connectivity index (χ0n) is 15.1. The van der Waals surface area contributed by atoms with Crippen LogP contribution in [0.5, 0.6) is 11.5 Å². The molecule has 3 rings (SSSR count). The molecule has 0 spiro atoms. The number of ether oxygens (including phenoxy) is 2. The number of aromatic nitrogens is 2. The number of hydrogen-bond donors (Lipinski definition) is 0. The highest BCUT2D eigenvalue weighted by molar-refractivity contribution is 5.97. The summed E-state index contributed by atoms with van der Waals surface area (Å²) in [6.45, 7) is 7.66. The number of aliphatic imine (C=N–C) groups is 1. The normalized spacial score (nSPS) is 11.3. The fourth-order valence-electron chi connectivity index (χ4n) is 2.60. The molecule has 0 unspecified atom stereocenters. The molecule has 0 atom stereocenters. The van der Waals surface area contributed by atoms with Gasteiger partial charge >= 0.3 is 0 Å². The minimum Gasteiger partial charge on any atom is -0.497 e. The molecule has 1 aromatic heterocycles. The van der Waals surface area contributed by atoms with E-state index in [-0.39, 0.29) is 0 Å². The molecule has 0 aliphatic carbocycles. The maximum atomic E-state index is 6.10. The Morgan fingerprint density at radius 3 is 2.58 bits per heavy atom. The first kappa shape index (κ1) is 17.5. The zero-order chi connectivity index (χ0) is 18.5. The van der Waals surface area contributed by atoms with Crippen LogP contribution in [0.2, 0.25) is 0 Å². The minimum absolute atomic E-state index is 0.485. The Balaban J connectivity index is 2.01. The van der Waals surface area contributed by atoms with Crippen molar-refractivity contribution in [3.63, 3.8) is 0 Å². The molecule has 1 heterocycles. The molecule has 132 valence electrons. The lowest BCUT2D eigenvalue weighted by Gasteiger charge is -2.13. The molecule has 0 aliphatic rings. The minimum atomic E-state index is 0.485. The SMILES string of the molecule is C=C/N=C(/Oc1cc(OC)cc(-n2cnc(C)c2)c1)c1ccccc1C. The summed E-state index contributed by atoms with van der Waals surface area (Å²) in [7, 11) is 1.63. The molecule has 0 saturated heterocycles. The van der Waals surface area contributed by atoms with Crippen molar-refractivity contribution in [1.82, 2.24) is 9.55 Å². The highest BCUT2D eigenvalue weighted by Gasteiger charge is 2.11. The van der Waals surface area contributed by atoms with Crippen LogP contribution in [-0.4, -0.2) is 22.6 Å². The summed E-state index contributed by atoms with van der Waals surface area (Å²) in [6, 6.07) is 13.6. The Bertz CT molecular complexity index is 957. The Hall–Kier alpha value is -3.34. The summed E-state index contributed by atoms with van der Waals surface area (Å²) in [5.74, 6) is 1.79. The summed E-state index contributed by atoms with van der Waals surface area (Å²) < 4.78 is 13.4. The maximum absolute atomic E-state index is 6.10. The highest BCUT2D eigenvalue weighted by Crippen LogP contribution is 2.26. The quantitative estimate of drug-likeness (QED) is 0.505. The molecular formula is C21H21N3O2. The van der Waals surface area contributed by atoms with Crippen molar-refractivity contribution in [3.05, 3.63) is 84.6 Å². The van der Waals surface area contributed by atoms with Gasteiger partial charge in [-0.15, -0.1) is 0 Å². The lowest BCUT2D eigenvalue weighted by molar-refractivity contribution is 0.411. The van der Waals surface area contributed by atoms with Crippen molar-refractivity contribution < 1.29 is 9.47 Å². The fraction of sp³-hybridized carbons (Fsp3) is 0.143. The van der Waals surface area contributed by atoms with E-state index in [0.29, 0.717) is 17.4 Å². The second-order valence-corrected chi connectivity index (χ2v) is 5.82. The third-order valence-electron chi connectivity index (χ3n) is 3.91. The molecular weight excluding hydrogens is 326 g/mol. The summed E-state index contributed by atoms with van der Waals surface area (Å²) in [4.78, 5) is 8.58. The Morgan fingerprint density at radius 1 is 1.15 bits per heavy atom. The molecule has 0 saturated carbocycles. The summed E-state index contributed by atoms with van der Waals surface area (Å²) in [5, 5.41) is 0. The van der Waals surface area contributed by atoms with Gasteiger partial charge in [0.1, 0.15) is 11.5 Å². The van der Waals surface area contributed by atoms with E-state index in [1.165, 1.54) is 6.20 Å². The van der Waals surface area contributed by atoms with Crippen molar-refractivity contribution >= 4 is 5.90 Å². The van der Waals surface area contributed by atoms with Crippen molar-refractivity contribution in [1.29, 1.82) is 0 Å². The van der Waals surface area contributed by atoms with Crippen molar-refractivity contribution in [2.24, 2.45) is 4.99 Å². The largest absolute Gasteiger partial charge is 0.497 e. The summed E-state index contributed by atoms with van der Waals surface area (Å²) in [5.41, 5.74) is 3.81. The second-order valence-electron chi connectivity index (χ2n) is 5.82. The van der Waals surface area contributed by atoms with Gasteiger partial charge in [0.05, 0.1) is 24.8 Å². The lowest BCUT2D eigenvalue weighted by atomic mass is 10.1. The summed E-state index contributed by atoms with van der Waals surface area (Å²) in [6.07, 6.45) is 5.18. The molecule has 0 bridgehead atoms. The van der Waals surface area contributed by atoms with Crippen LogP contribution in [0.1, 0.15) is 16.8 Å². The molecule has 5 heteroatoms. The molecule has 26 heavy (non-hydrogen) atoms. The predicted octanol–water partition coefficient (Wildman–Crippen LogP) is 4.47. The van der Waals surface area contributed by atoms with Gasteiger partial charge in [0.2, 0.25) is 5.90 Å². The first-order valence-electron chi connectivity index (χ1n) is 8.23. The molecule has 5 nitrogen and oxygen atoms in total. The van der Waals surface area contributed by atoms with E-state index < -0.39 is 0 Å². The van der Waals surface area contributed by atoms with E-state index in [1.54, 1.807) is 13.4 Å². The predicted molar refractivity (Wildman–Crippen MR) is 103 cm³/mol. The third kappa shape index (κ3) is 3.83. The first-order valence-corrected chi connectivity index (χ1v) is 8.23. The number of benzene rings is 2. The third-order valence-corrected chi connectivity index (χ3v) is 3.91. The van der Waals surface area contributed by atoms with Crippen LogP contribution in [0.3, 0.4) is 0 Å². The van der Waals surface area contributed by atoms with Gasteiger partial charge in [-0.3, -0.25) is 0 Å². The zero-order valence-corrected chi connectivity index (χ0v) is 15.1. The number of methoxy groups -OCH3 is 1. The van der Waals surface area contributed by atoms with E-state index in [9.17, 15) is 0 Å². The van der Waals surface area contributed by atoms with Gasteiger partial charge in [0, 0.05) is 36.2 Å². The second kappa shape index (κ2) is 7.70. The monoisotopic (exact) mass is 347 g/mol. The molecule has 3 aromatic rings. The lowest BCUT2D eigenvalue weighted by Crippen LogP contribution is -2.12. The van der Waals surface area contributed by atoms with E-state index in [0.717, 1.165) is 22.5 Å². The van der Waals surface area contributed by atoms with Crippen LogP contribution in [0, 0.1) is 13.8 Å². The van der Waals surface area contributed by atoms with Gasteiger partial charge in [0.25, 0.3) is 0 Å². The van der Waals surface area contributed by atoms with Crippen molar-refractivity contribution in [3.8, 4) is 17.2 Å². The smallest absolute Gasteiger partial charge is 0.226 e. The molecule has 2 aromatic carbocycles. The molecule has 0 amide bonds. The van der Waals surface area contributed by atoms with Crippen LogP contribution in [0.4, 0.5) is 0 Å². The van der Waals surface area contributed by atoms with Gasteiger partial charge < -0.3 is 14.0 Å². The molecule has 0 fully saturated rings. The van der Waals surface area contributed by atoms with Crippen LogP contribution < -0.4 is 9.47 Å². The average Bonchev–Trinajstić information content (AvgIpc) is 3.08. The molecule has 0 aliphatic heterocycles. The topological polar surface area (TPSA) is 48.6 Å². The molecule has 0 radical (unpaired) electrons. The summed E-state index contributed by atoms with van der Waals surface area (Å²) >= 11 is 0. The first-order chi connectivity index (χ1) is 12.6. The van der Waals surface area contributed by atoms with E-state index in [2.05, 4.69) is 16.6 Å². The standard InChI is InChI=1S/C21H21N3O2/c1-5-22-21(20-9-7-6-8-15(20)2)26-19-11-17(10-18(12-19)25-4)24-13-16(3)23-14-24/h5-14H,1H2,2-4H3/b22-21+. The van der Waals surface area contributed by atoms with Gasteiger partial charge in [0.15, 0.2) is 0 Å². The number of nitrogens with zero attached hydrogens (tertiary/aromatic N) is 3. The van der Waals surface area contributed by atoms with E-state index >= 15 is 0 Å². The van der Waals surface area contributed by atoms with Crippen molar-refractivity contribution in [2.45, 2.75) is 13.8 Å². The maximum Gasteiger partial charge on any atom is 0.226 e. The fourth-order valence-corrected chi connectivity index (χ4v) is 2.60. The van der Waals surface area contributed by atoms with Crippen LogP contribution in [0.25, 0.3) is 5.69 Å². The number of hydrogen-bond acceptors (Lipinski definition) is 4. The van der Waals surface area contributed by atoms with E-state index in [1.807, 2.05) is 67.1 Å². The highest BCUT2D eigenvalue weighted by atomic mass is 16.5. The van der Waals surface area contributed by atoms with Crippen LogP contribution in [0.15, 0.2) is 72.8 Å². The van der Waals surface area contributed by atoms with Crippen LogP contribution >= 0.6 is 0 Å². The Labute approximate surface area is 153 Å². The molecule has 0 N–H and O–H groups in total. The van der Waals surface area contributed by atoms with Crippen molar-refractivity contribution in [2.75, 3.05) is 7.11 Å². The van der Waals surface area contributed by atoms with Gasteiger partial charge in [-0.2, -0.15) is 0 Å². The Morgan fingerprint density at radius 2 is 1.92 bits per heavy atom.